The van der Waals surface area contributed by atoms with E-state index in [0.717, 1.165) is 18.4 Å². The standard InChI is InChI=1S/C16H17NO/c1-3-4-13-5-7-14(8-6-13)16(18)15-11-12(2)9-10-17-15/h5-11H,3-4H2,1-2H3. The lowest BCUT2D eigenvalue weighted by molar-refractivity contribution is 0.103. The van der Waals surface area contributed by atoms with E-state index in [-0.39, 0.29) is 5.78 Å². The topological polar surface area (TPSA) is 30.0 Å². The highest BCUT2D eigenvalue weighted by Gasteiger charge is 2.10. The summed E-state index contributed by atoms with van der Waals surface area (Å²) in [4.78, 5) is 16.3. The van der Waals surface area contributed by atoms with Gasteiger partial charge in [0.05, 0.1) is 0 Å². The zero-order valence-corrected chi connectivity index (χ0v) is 10.8. The fourth-order valence-electron chi connectivity index (χ4n) is 1.92. The summed E-state index contributed by atoms with van der Waals surface area (Å²) in [6.45, 7) is 4.11. The van der Waals surface area contributed by atoms with Crippen LogP contribution in [0.2, 0.25) is 0 Å². The van der Waals surface area contributed by atoms with Crippen LogP contribution in [0.3, 0.4) is 0 Å². The summed E-state index contributed by atoms with van der Waals surface area (Å²) in [5.41, 5.74) is 3.54. The monoisotopic (exact) mass is 239 g/mol. The zero-order chi connectivity index (χ0) is 13.0. The molecule has 0 fully saturated rings. The summed E-state index contributed by atoms with van der Waals surface area (Å²) in [5.74, 6) is -0.0123. The lowest BCUT2D eigenvalue weighted by atomic mass is 10.0. The van der Waals surface area contributed by atoms with E-state index in [0.29, 0.717) is 11.3 Å². The van der Waals surface area contributed by atoms with Gasteiger partial charge in [-0.2, -0.15) is 0 Å². The molecule has 18 heavy (non-hydrogen) atoms. The quantitative estimate of drug-likeness (QED) is 0.763. The largest absolute Gasteiger partial charge is 0.287 e. The van der Waals surface area contributed by atoms with Gasteiger partial charge in [-0.25, -0.2) is 0 Å². The minimum atomic E-state index is -0.0123. The van der Waals surface area contributed by atoms with Crippen molar-refractivity contribution in [1.29, 1.82) is 0 Å². The Morgan fingerprint density at radius 2 is 1.89 bits per heavy atom. The lowest BCUT2D eigenvalue weighted by Crippen LogP contribution is -2.04. The molecule has 2 rings (SSSR count). The van der Waals surface area contributed by atoms with Gasteiger partial charge in [0.15, 0.2) is 0 Å². The van der Waals surface area contributed by atoms with E-state index in [1.54, 1.807) is 6.20 Å². The molecule has 0 aliphatic heterocycles. The molecule has 0 radical (unpaired) electrons. The fourth-order valence-corrected chi connectivity index (χ4v) is 1.92. The molecule has 0 saturated carbocycles. The third kappa shape index (κ3) is 2.83. The van der Waals surface area contributed by atoms with Gasteiger partial charge in [0.25, 0.3) is 0 Å². The Morgan fingerprint density at radius 3 is 2.50 bits per heavy atom. The second-order valence-electron chi connectivity index (χ2n) is 4.49. The molecule has 2 aromatic rings. The average molecular weight is 239 g/mol. The Balaban J connectivity index is 2.23. The molecule has 0 aliphatic rings. The van der Waals surface area contributed by atoms with Gasteiger partial charge in [0.1, 0.15) is 5.69 Å². The molecular weight excluding hydrogens is 222 g/mol. The van der Waals surface area contributed by atoms with E-state index in [9.17, 15) is 4.79 Å². The molecule has 2 heteroatoms. The summed E-state index contributed by atoms with van der Waals surface area (Å²) in [6, 6.07) is 11.5. The van der Waals surface area contributed by atoms with Crippen molar-refractivity contribution in [3.05, 3.63) is 65.0 Å². The molecule has 92 valence electrons. The van der Waals surface area contributed by atoms with Crippen molar-refractivity contribution in [3.63, 3.8) is 0 Å². The first-order valence-corrected chi connectivity index (χ1v) is 6.27. The number of aryl methyl sites for hydroxylation is 2. The molecule has 1 aromatic heterocycles. The second kappa shape index (κ2) is 5.58. The lowest BCUT2D eigenvalue weighted by Gasteiger charge is -2.03. The Morgan fingerprint density at radius 1 is 1.17 bits per heavy atom. The number of hydrogen-bond donors (Lipinski definition) is 0. The van der Waals surface area contributed by atoms with Gasteiger partial charge in [-0.1, -0.05) is 37.6 Å². The van der Waals surface area contributed by atoms with E-state index >= 15 is 0 Å². The zero-order valence-electron chi connectivity index (χ0n) is 10.8. The number of hydrogen-bond acceptors (Lipinski definition) is 2. The van der Waals surface area contributed by atoms with E-state index in [1.165, 1.54) is 5.56 Å². The van der Waals surface area contributed by atoms with Crippen molar-refractivity contribution in [2.45, 2.75) is 26.7 Å². The molecule has 0 aliphatic carbocycles. The summed E-state index contributed by atoms with van der Waals surface area (Å²) in [7, 11) is 0. The first-order valence-electron chi connectivity index (χ1n) is 6.27. The van der Waals surface area contributed by atoms with Gasteiger partial charge in [-0.15, -0.1) is 0 Å². The predicted octanol–water partition coefficient (Wildman–Crippen LogP) is 3.57. The fraction of sp³-hybridized carbons (Fsp3) is 0.250. The van der Waals surface area contributed by atoms with Crippen LogP contribution in [0.4, 0.5) is 0 Å². The molecule has 0 N–H and O–H groups in total. The highest BCUT2D eigenvalue weighted by Crippen LogP contribution is 2.11. The first-order chi connectivity index (χ1) is 8.70. The maximum atomic E-state index is 12.2. The molecule has 1 aromatic carbocycles. The molecule has 0 spiro atoms. The average Bonchev–Trinajstić information content (AvgIpc) is 2.39. The Labute approximate surface area is 108 Å². The van der Waals surface area contributed by atoms with Crippen LogP contribution < -0.4 is 0 Å². The molecule has 0 saturated heterocycles. The molecule has 1 heterocycles. The smallest absolute Gasteiger partial charge is 0.211 e. The van der Waals surface area contributed by atoms with Crippen molar-refractivity contribution in [2.75, 3.05) is 0 Å². The van der Waals surface area contributed by atoms with E-state index < -0.39 is 0 Å². The highest BCUT2D eigenvalue weighted by atomic mass is 16.1. The van der Waals surface area contributed by atoms with Gasteiger partial charge in [0.2, 0.25) is 5.78 Å². The molecule has 0 unspecified atom stereocenters. The predicted molar refractivity (Wildman–Crippen MR) is 72.8 cm³/mol. The number of benzene rings is 1. The van der Waals surface area contributed by atoms with Crippen molar-refractivity contribution in [3.8, 4) is 0 Å². The van der Waals surface area contributed by atoms with Crippen molar-refractivity contribution >= 4 is 5.78 Å². The van der Waals surface area contributed by atoms with Crippen LogP contribution in [0.15, 0.2) is 42.6 Å². The molecule has 0 amide bonds. The van der Waals surface area contributed by atoms with E-state index in [2.05, 4.69) is 11.9 Å². The summed E-state index contributed by atoms with van der Waals surface area (Å²) >= 11 is 0. The number of nitrogens with zero attached hydrogens (tertiary/aromatic N) is 1. The van der Waals surface area contributed by atoms with Crippen LogP contribution in [0.1, 0.15) is 40.5 Å². The van der Waals surface area contributed by atoms with Crippen molar-refractivity contribution in [2.24, 2.45) is 0 Å². The summed E-state index contributed by atoms with van der Waals surface area (Å²) < 4.78 is 0. The number of carbonyl (C=O) groups excluding carboxylic acids is 1. The van der Waals surface area contributed by atoms with Gasteiger partial charge < -0.3 is 0 Å². The first kappa shape index (κ1) is 12.5. The molecule has 0 bridgehead atoms. The summed E-state index contributed by atoms with van der Waals surface area (Å²) in [6.07, 6.45) is 3.85. The minimum absolute atomic E-state index is 0.0123. The van der Waals surface area contributed by atoms with Crippen LogP contribution in [0.5, 0.6) is 0 Å². The van der Waals surface area contributed by atoms with Crippen LogP contribution in [0.25, 0.3) is 0 Å². The highest BCUT2D eigenvalue weighted by molar-refractivity contribution is 6.07. The van der Waals surface area contributed by atoms with E-state index in [4.69, 9.17) is 0 Å². The number of carbonyl (C=O) groups is 1. The Hall–Kier alpha value is -1.96. The van der Waals surface area contributed by atoms with Crippen molar-refractivity contribution in [1.82, 2.24) is 4.98 Å². The Bertz CT molecular complexity index is 543. The SMILES string of the molecule is CCCc1ccc(C(=O)c2cc(C)ccn2)cc1. The van der Waals surface area contributed by atoms with Crippen LogP contribution in [-0.4, -0.2) is 10.8 Å². The maximum absolute atomic E-state index is 12.2. The minimum Gasteiger partial charge on any atom is -0.287 e. The maximum Gasteiger partial charge on any atom is 0.211 e. The third-order valence-corrected chi connectivity index (χ3v) is 2.90. The van der Waals surface area contributed by atoms with E-state index in [1.807, 2.05) is 43.3 Å². The van der Waals surface area contributed by atoms with Crippen LogP contribution in [-0.2, 0) is 6.42 Å². The summed E-state index contributed by atoms with van der Waals surface area (Å²) in [5, 5.41) is 0. The van der Waals surface area contributed by atoms with Gasteiger partial charge >= 0.3 is 0 Å². The van der Waals surface area contributed by atoms with Gasteiger partial charge in [-0.05, 0) is 36.6 Å². The molecular formula is C16H17NO. The molecule has 0 atom stereocenters. The van der Waals surface area contributed by atoms with Gasteiger partial charge in [-0.3, -0.25) is 9.78 Å². The normalized spacial score (nSPS) is 10.3. The van der Waals surface area contributed by atoms with Crippen molar-refractivity contribution < 1.29 is 4.79 Å². The van der Waals surface area contributed by atoms with Gasteiger partial charge in [0, 0.05) is 11.8 Å². The number of ketones is 1. The third-order valence-electron chi connectivity index (χ3n) is 2.90. The molecule has 2 nitrogen and oxygen atoms in total. The van der Waals surface area contributed by atoms with Crippen LogP contribution >= 0.6 is 0 Å². The van der Waals surface area contributed by atoms with Crippen LogP contribution in [0, 0.1) is 6.92 Å². The second-order valence-corrected chi connectivity index (χ2v) is 4.49. The number of rotatable bonds is 4. The Kier molecular flexibility index (Phi) is 3.88. The number of aromatic nitrogens is 1. The number of pyridine rings is 1.